The topological polar surface area (TPSA) is 54.7 Å². The Morgan fingerprint density at radius 2 is 1.90 bits per heavy atom. The lowest BCUT2D eigenvalue weighted by atomic mass is 10.0. The van der Waals surface area contributed by atoms with Gasteiger partial charge in [-0.05, 0) is 18.2 Å². The van der Waals surface area contributed by atoms with E-state index in [9.17, 15) is 4.39 Å². The molecule has 0 saturated carbocycles. The number of nitrogens with two attached hydrogens (primary N) is 1. The molecule has 0 bridgehead atoms. The minimum Gasteiger partial charge on any atom is -0.382 e. The van der Waals surface area contributed by atoms with E-state index in [0.29, 0.717) is 17.1 Å². The number of rotatable bonds is 2. The fourth-order valence-corrected chi connectivity index (χ4v) is 2.63. The first-order valence-corrected chi connectivity index (χ1v) is 6.81. The van der Waals surface area contributed by atoms with Crippen molar-refractivity contribution in [3.8, 4) is 22.4 Å². The second-order valence-electron chi connectivity index (χ2n) is 4.35. The number of benzene rings is 2. The first-order valence-electron chi connectivity index (χ1n) is 6.01. The normalized spacial score (nSPS) is 10.7. The highest BCUT2D eigenvalue weighted by Gasteiger charge is 2.16. The van der Waals surface area contributed by atoms with Crippen LogP contribution in [0, 0.1) is 5.82 Å². The van der Waals surface area contributed by atoms with Crippen LogP contribution in [0.3, 0.4) is 0 Å². The van der Waals surface area contributed by atoms with Crippen molar-refractivity contribution in [1.82, 2.24) is 10.2 Å². The third-order valence-electron chi connectivity index (χ3n) is 3.05. The molecule has 0 radical (unpaired) electrons. The molecule has 0 unspecified atom stereocenters. The molecule has 0 atom stereocenters. The number of nitrogens with one attached hydrogen (secondary N) is 1. The summed E-state index contributed by atoms with van der Waals surface area (Å²) in [7, 11) is 0. The van der Waals surface area contributed by atoms with Gasteiger partial charge in [-0.3, -0.25) is 5.10 Å². The molecular formula is C15H11BrFN3. The molecule has 0 spiro atoms. The predicted molar refractivity (Wildman–Crippen MR) is 81.5 cm³/mol. The Morgan fingerprint density at radius 3 is 2.65 bits per heavy atom. The summed E-state index contributed by atoms with van der Waals surface area (Å²) in [4.78, 5) is 0. The summed E-state index contributed by atoms with van der Waals surface area (Å²) in [5.74, 6) is 0.0879. The molecule has 1 aromatic heterocycles. The van der Waals surface area contributed by atoms with Crippen LogP contribution in [0.4, 0.5) is 10.2 Å². The molecule has 0 fully saturated rings. The highest BCUT2D eigenvalue weighted by atomic mass is 79.9. The monoisotopic (exact) mass is 331 g/mol. The molecule has 3 nitrogen and oxygen atoms in total. The highest BCUT2D eigenvalue weighted by Crippen LogP contribution is 2.38. The summed E-state index contributed by atoms with van der Waals surface area (Å²) in [6.07, 6.45) is 0. The Hall–Kier alpha value is -2.14. The van der Waals surface area contributed by atoms with E-state index in [4.69, 9.17) is 5.73 Å². The third kappa shape index (κ3) is 2.20. The van der Waals surface area contributed by atoms with Crippen LogP contribution in [-0.4, -0.2) is 10.2 Å². The first-order chi connectivity index (χ1) is 9.66. The Morgan fingerprint density at radius 1 is 1.10 bits per heavy atom. The van der Waals surface area contributed by atoms with Crippen molar-refractivity contribution in [3.63, 3.8) is 0 Å². The molecule has 0 amide bonds. The molecule has 3 N–H and O–H groups in total. The lowest BCUT2D eigenvalue weighted by Crippen LogP contribution is -1.90. The number of anilines is 1. The fraction of sp³-hybridized carbons (Fsp3) is 0. The van der Waals surface area contributed by atoms with Gasteiger partial charge in [0.25, 0.3) is 0 Å². The Balaban J connectivity index is 2.23. The summed E-state index contributed by atoms with van der Waals surface area (Å²) in [6.45, 7) is 0. The van der Waals surface area contributed by atoms with Crippen molar-refractivity contribution >= 4 is 21.7 Å². The van der Waals surface area contributed by atoms with E-state index >= 15 is 0 Å². The number of hydrogen-bond acceptors (Lipinski definition) is 2. The van der Waals surface area contributed by atoms with Crippen molar-refractivity contribution in [1.29, 1.82) is 0 Å². The van der Waals surface area contributed by atoms with Gasteiger partial charge in [0.1, 0.15) is 5.82 Å². The van der Waals surface area contributed by atoms with Crippen molar-refractivity contribution in [2.45, 2.75) is 0 Å². The second kappa shape index (κ2) is 5.09. The summed E-state index contributed by atoms with van der Waals surface area (Å²) < 4.78 is 14.3. The molecule has 5 heteroatoms. The third-order valence-corrected chi connectivity index (χ3v) is 3.74. The molecular weight excluding hydrogens is 321 g/mol. The lowest BCUT2D eigenvalue weighted by Gasteiger charge is -2.07. The Labute approximate surface area is 123 Å². The van der Waals surface area contributed by atoms with Crippen LogP contribution in [-0.2, 0) is 0 Å². The quantitative estimate of drug-likeness (QED) is 0.738. The molecule has 3 rings (SSSR count). The number of nitrogens with zero attached hydrogens (tertiary/aromatic N) is 1. The smallest absolute Gasteiger partial charge is 0.153 e. The van der Waals surface area contributed by atoms with Crippen molar-refractivity contribution in [2.24, 2.45) is 0 Å². The van der Waals surface area contributed by atoms with Gasteiger partial charge in [0, 0.05) is 15.6 Å². The maximum atomic E-state index is 13.4. The standard InChI is InChI=1S/C15H11BrFN3/c16-12-7-2-1-6-11(12)13-14(19-20-15(13)18)9-4-3-5-10(17)8-9/h1-8H,(H3,18,19,20). The number of hydrogen-bond donors (Lipinski definition) is 2. The van der Waals surface area contributed by atoms with E-state index in [1.165, 1.54) is 12.1 Å². The van der Waals surface area contributed by atoms with Crippen LogP contribution in [0.25, 0.3) is 22.4 Å². The average Bonchev–Trinajstić information content (AvgIpc) is 2.81. The van der Waals surface area contributed by atoms with Crippen molar-refractivity contribution < 1.29 is 4.39 Å². The second-order valence-corrected chi connectivity index (χ2v) is 5.20. The maximum absolute atomic E-state index is 13.4. The van der Waals surface area contributed by atoms with E-state index in [2.05, 4.69) is 26.1 Å². The zero-order valence-electron chi connectivity index (χ0n) is 10.4. The van der Waals surface area contributed by atoms with E-state index in [0.717, 1.165) is 15.6 Å². The summed E-state index contributed by atoms with van der Waals surface area (Å²) in [5.41, 5.74) is 9.05. The SMILES string of the molecule is Nc1n[nH]c(-c2cccc(F)c2)c1-c1ccccc1Br. The van der Waals surface area contributed by atoms with E-state index < -0.39 is 0 Å². The van der Waals surface area contributed by atoms with Gasteiger partial charge < -0.3 is 5.73 Å². The molecule has 0 aliphatic carbocycles. The maximum Gasteiger partial charge on any atom is 0.153 e. The first kappa shape index (κ1) is 12.9. The van der Waals surface area contributed by atoms with Gasteiger partial charge >= 0.3 is 0 Å². The van der Waals surface area contributed by atoms with Crippen LogP contribution in [0.2, 0.25) is 0 Å². The number of H-pyrrole nitrogens is 1. The molecule has 100 valence electrons. The van der Waals surface area contributed by atoms with Crippen LogP contribution in [0.5, 0.6) is 0 Å². The van der Waals surface area contributed by atoms with Gasteiger partial charge in [-0.2, -0.15) is 5.10 Å². The van der Waals surface area contributed by atoms with Gasteiger partial charge in [-0.1, -0.05) is 46.3 Å². The summed E-state index contributed by atoms with van der Waals surface area (Å²) in [5, 5.41) is 6.93. The van der Waals surface area contributed by atoms with Crippen LogP contribution < -0.4 is 5.73 Å². The fourth-order valence-electron chi connectivity index (χ4n) is 2.15. The van der Waals surface area contributed by atoms with Gasteiger partial charge in [0.05, 0.1) is 11.3 Å². The number of nitrogen functional groups attached to an aromatic ring is 1. The lowest BCUT2D eigenvalue weighted by molar-refractivity contribution is 0.628. The average molecular weight is 332 g/mol. The van der Waals surface area contributed by atoms with E-state index in [1.807, 2.05) is 30.3 Å². The molecule has 0 saturated heterocycles. The van der Waals surface area contributed by atoms with E-state index in [-0.39, 0.29) is 5.82 Å². The molecule has 0 aliphatic rings. The van der Waals surface area contributed by atoms with Gasteiger partial charge in [0.15, 0.2) is 5.82 Å². The van der Waals surface area contributed by atoms with Crippen molar-refractivity contribution in [2.75, 3.05) is 5.73 Å². The van der Waals surface area contributed by atoms with Crippen LogP contribution in [0.15, 0.2) is 53.0 Å². The zero-order valence-corrected chi connectivity index (χ0v) is 12.0. The van der Waals surface area contributed by atoms with Gasteiger partial charge in [-0.25, -0.2) is 4.39 Å². The summed E-state index contributed by atoms with van der Waals surface area (Å²) >= 11 is 3.50. The minimum atomic E-state index is -0.297. The largest absolute Gasteiger partial charge is 0.382 e. The minimum absolute atomic E-state index is 0.297. The molecule has 2 aromatic carbocycles. The van der Waals surface area contributed by atoms with Gasteiger partial charge in [-0.15, -0.1) is 0 Å². The Kier molecular flexibility index (Phi) is 3.28. The number of aromatic nitrogens is 2. The Bertz CT molecular complexity index is 767. The van der Waals surface area contributed by atoms with Crippen LogP contribution >= 0.6 is 15.9 Å². The number of aromatic amines is 1. The molecule has 0 aliphatic heterocycles. The van der Waals surface area contributed by atoms with Crippen molar-refractivity contribution in [3.05, 3.63) is 58.8 Å². The predicted octanol–water partition coefficient (Wildman–Crippen LogP) is 4.23. The molecule has 3 aromatic rings. The number of halogens is 2. The van der Waals surface area contributed by atoms with Gasteiger partial charge in [0.2, 0.25) is 0 Å². The molecule has 20 heavy (non-hydrogen) atoms. The zero-order chi connectivity index (χ0) is 14.1. The van der Waals surface area contributed by atoms with Crippen LogP contribution in [0.1, 0.15) is 0 Å². The molecule has 1 heterocycles. The summed E-state index contributed by atoms with van der Waals surface area (Å²) in [6, 6.07) is 14.0. The highest BCUT2D eigenvalue weighted by molar-refractivity contribution is 9.10. The van der Waals surface area contributed by atoms with E-state index in [1.54, 1.807) is 6.07 Å².